The van der Waals surface area contributed by atoms with Crippen LogP contribution in [0.5, 0.6) is 0 Å². The highest BCUT2D eigenvalue weighted by Gasteiger charge is 2.61. The fourth-order valence-electron chi connectivity index (χ4n) is 2.02. The van der Waals surface area contributed by atoms with E-state index in [9.17, 15) is 18.7 Å². The first kappa shape index (κ1) is 12.5. The number of hydrogen-bond acceptors (Lipinski definition) is 4. The quantitative estimate of drug-likeness (QED) is 0.596. The van der Waals surface area contributed by atoms with Crippen molar-refractivity contribution in [3.8, 4) is 0 Å². The first-order valence-electron chi connectivity index (χ1n) is 5.35. The number of carbonyl (C=O) groups is 1. The zero-order valence-electron chi connectivity index (χ0n) is 8.97. The van der Waals surface area contributed by atoms with E-state index >= 15 is 0 Å². The van der Waals surface area contributed by atoms with Gasteiger partial charge in [0, 0.05) is 13.1 Å². The highest BCUT2D eigenvalue weighted by Crippen LogP contribution is 2.38. The summed E-state index contributed by atoms with van der Waals surface area (Å²) in [7, 11) is 0. The molecule has 2 fully saturated rings. The topological polar surface area (TPSA) is 82.0 Å². The molecular formula is C9H14F2N2O4. The Balaban J connectivity index is 2.17. The Hall–Kier alpha value is -0.990. The Labute approximate surface area is 96.2 Å². The second-order valence-corrected chi connectivity index (χ2v) is 4.11. The Bertz CT molecular complexity index is 315. The molecule has 98 valence electrons. The van der Waals surface area contributed by atoms with E-state index in [1.807, 2.05) is 0 Å². The van der Waals surface area contributed by atoms with Crippen molar-refractivity contribution in [2.24, 2.45) is 0 Å². The molecule has 0 aromatic rings. The molecular weight excluding hydrogens is 238 g/mol. The van der Waals surface area contributed by atoms with Crippen LogP contribution in [-0.4, -0.2) is 65.2 Å². The number of nitrogens with one attached hydrogen (secondary N) is 1. The minimum absolute atomic E-state index is 0.136. The van der Waals surface area contributed by atoms with E-state index in [0.717, 1.165) is 4.90 Å². The number of nitrogens with zero attached hydrogens (tertiary/aromatic N) is 1. The number of alkyl halides is 2. The maximum Gasteiger partial charge on any atom is 0.319 e. The van der Waals surface area contributed by atoms with Crippen LogP contribution in [0.2, 0.25) is 0 Å². The second-order valence-electron chi connectivity index (χ2n) is 4.11. The van der Waals surface area contributed by atoms with Gasteiger partial charge in [-0.3, -0.25) is 4.90 Å². The third-order valence-electron chi connectivity index (χ3n) is 2.96. The molecule has 0 saturated carbocycles. The van der Waals surface area contributed by atoms with E-state index in [-0.39, 0.29) is 6.54 Å². The first-order chi connectivity index (χ1) is 7.98. The van der Waals surface area contributed by atoms with Crippen LogP contribution in [0.15, 0.2) is 0 Å². The molecule has 2 amide bonds. The predicted octanol–water partition coefficient (Wildman–Crippen LogP) is -0.885. The van der Waals surface area contributed by atoms with Crippen LogP contribution in [0.4, 0.5) is 13.6 Å². The summed E-state index contributed by atoms with van der Waals surface area (Å²) >= 11 is 0. The van der Waals surface area contributed by atoms with Crippen molar-refractivity contribution in [1.29, 1.82) is 0 Å². The van der Waals surface area contributed by atoms with Crippen LogP contribution in [0.3, 0.4) is 0 Å². The number of aliphatic hydroxyl groups excluding tert-OH is 2. The Kier molecular flexibility index (Phi) is 3.19. The molecule has 2 aliphatic heterocycles. The number of rotatable bonds is 2. The average molecular weight is 252 g/mol. The van der Waals surface area contributed by atoms with Crippen LogP contribution in [0.25, 0.3) is 0 Å². The van der Waals surface area contributed by atoms with Gasteiger partial charge in [-0.15, -0.1) is 0 Å². The number of ether oxygens (including phenoxy) is 1. The molecule has 0 radical (unpaired) electrons. The molecule has 3 N–H and O–H groups in total. The van der Waals surface area contributed by atoms with Gasteiger partial charge < -0.3 is 20.3 Å². The Morgan fingerprint density at radius 2 is 2.29 bits per heavy atom. The minimum atomic E-state index is -3.58. The summed E-state index contributed by atoms with van der Waals surface area (Å²) < 4.78 is 32.2. The van der Waals surface area contributed by atoms with Gasteiger partial charge in [-0.2, -0.15) is 8.78 Å². The highest BCUT2D eigenvalue weighted by molar-refractivity contribution is 5.75. The lowest BCUT2D eigenvalue weighted by molar-refractivity contribution is -0.156. The SMILES string of the molecule is O=C1NCCCN1[C@@H]1O[C@H](CO)[C@@H](O)C1(F)F. The zero-order valence-corrected chi connectivity index (χ0v) is 8.97. The zero-order chi connectivity index (χ0) is 12.6. The van der Waals surface area contributed by atoms with Crippen LogP contribution in [-0.2, 0) is 4.74 Å². The molecule has 2 aliphatic rings. The number of urea groups is 1. The van der Waals surface area contributed by atoms with Crippen LogP contribution in [0.1, 0.15) is 6.42 Å². The molecule has 2 saturated heterocycles. The summed E-state index contributed by atoms with van der Waals surface area (Å²) in [6.45, 7) is -0.153. The Morgan fingerprint density at radius 1 is 1.59 bits per heavy atom. The summed E-state index contributed by atoms with van der Waals surface area (Å²) in [5, 5.41) is 20.5. The van der Waals surface area contributed by atoms with Gasteiger partial charge in [0.15, 0.2) is 6.10 Å². The van der Waals surface area contributed by atoms with Crippen molar-refractivity contribution in [2.45, 2.75) is 30.8 Å². The smallest absolute Gasteiger partial charge is 0.319 e. The van der Waals surface area contributed by atoms with Crippen LogP contribution < -0.4 is 5.32 Å². The Morgan fingerprint density at radius 3 is 2.82 bits per heavy atom. The molecule has 6 nitrogen and oxygen atoms in total. The third-order valence-corrected chi connectivity index (χ3v) is 2.96. The molecule has 8 heteroatoms. The summed E-state index contributed by atoms with van der Waals surface area (Å²) in [6, 6.07) is -0.647. The monoisotopic (exact) mass is 252 g/mol. The first-order valence-corrected chi connectivity index (χ1v) is 5.35. The average Bonchev–Trinajstić information content (AvgIpc) is 2.52. The lowest BCUT2D eigenvalue weighted by atomic mass is 10.1. The van der Waals surface area contributed by atoms with Gasteiger partial charge in [0.05, 0.1) is 6.61 Å². The molecule has 17 heavy (non-hydrogen) atoms. The molecule has 2 heterocycles. The summed E-state index contributed by atoms with van der Waals surface area (Å²) in [5.74, 6) is -3.58. The molecule has 0 spiro atoms. The van der Waals surface area contributed by atoms with Gasteiger partial charge in [0.25, 0.3) is 0 Å². The van der Waals surface area contributed by atoms with E-state index in [0.29, 0.717) is 13.0 Å². The maximum absolute atomic E-state index is 13.7. The number of hydrogen-bond donors (Lipinski definition) is 3. The van der Waals surface area contributed by atoms with Gasteiger partial charge >= 0.3 is 12.0 Å². The fraction of sp³-hybridized carbons (Fsp3) is 0.889. The maximum atomic E-state index is 13.7. The standard InChI is InChI=1S/C9H14F2N2O4/c10-9(11)6(15)5(4-14)17-7(9)13-3-1-2-12-8(13)16/h5-7,14-15H,1-4H2,(H,12,16)/t5-,6-,7-/m1/s1. The summed E-state index contributed by atoms with van der Waals surface area (Å²) in [5.41, 5.74) is 0. The molecule has 0 aliphatic carbocycles. The molecule has 0 bridgehead atoms. The lowest BCUT2D eigenvalue weighted by Gasteiger charge is -2.34. The highest BCUT2D eigenvalue weighted by atomic mass is 19.3. The lowest BCUT2D eigenvalue weighted by Crippen LogP contribution is -2.57. The normalized spacial score (nSPS) is 37.1. The summed E-state index contributed by atoms with van der Waals surface area (Å²) in [4.78, 5) is 12.3. The second kappa shape index (κ2) is 4.35. The molecule has 3 atom stereocenters. The van der Waals surface area contributed by atoms with Crippen molar-refractivity contribution in [3.05, 3.63) is 0 Å². The van der Waals surface area contributed by atoms with Crippen molar-refractivity contribution in [1.82, 2.24) is 10.2 Å². The fourth-order valence-corrected chi connectivity index (χ4v) is 2.02. The van der Waals surface area contributed by atoms with Gasteiger partial charge in [-0.05, 0) is 6.42 Å². The van der Waals surface area contributed by atoms with E-state index < -0.39 is 37.0 Å². The molecule has 0 aromatic heterocycles. The number of aliphatic hydroxyl groups is 2. The largest absolute Gasteiger partial charge is 0.394 e. The van der Waals surface area contributed by atoms with E-state index in [2.05, 4.69) is 5.32 Å². The van der Waals surface area contributed by atoms with E-state index in [1.54, 1.807) is 0 Å². The van der Waals surface area contributed by atoms with Crippen molar-refractivity contribution in [2.75, 3.05) is 19.7 Å². The van der Waals surface area contributed by atoms with Crippen LogP contribution in [0, 0.1) is 0 Å². The van der Waals surface area contributed by atoms with Crippen molar-refractivity contribution < 1.29 is 28.5 Å². The predicted molar refractivity (Wildman–Crippen MR) is 51.4 cm³/mol. The molecule has 0 aromatic carbocycles. The van der Waals surface area contributed by atoms with E-state index in [1.165, 1.54) is 0 Å². The number of amides is 2. The molecule has 0 unspecified atom stereocenters. The van der Waals surface area contributed by atoms with Gasteiger partial charge in [-0.25, -0.2) is 4.79 Å². The van der Waals surface area contributed by atoms with Crippen molar-refractivity contribution in [3.63, 3.8) is 0 Å². The van der Waals surface area contributed by atoms with E-state index in [4.69, 9.17) is 9.84 Å². The van der Waals surface area contributed by atoms with Gasteiger partial charge in [-0.1, -0.05) is 0 Å². The minimum Gasteiger partial charge on any atom is -0.394 e. The van der Waals surface area contributed by atoms with Crippen molar-refractivity contribution >= 4 is 6.03 Å². The molecule has 2 rings (SSSR count). The number of halogens is 2. The van der Waals surface area contributed by atoms with Gasteiger partial charge in [0.2, 0.25) is 6.23 Å². The summed E-state index contributed by atoms with van der Waals surface area (Å²) in [6.07, 6.45) is -4.77. The third kappa shape index (κ3) is 1.96. The number of carbonyl (C=O) groups excluding carboxylic acids is 1. The van der Waals surface area contributed by atoms with Crippen LogP contribution >= 0.6 is 0 Å². The van der Waals surface area contributed by atoms with Gasteiger partial charge in [0.1, 0.15) is 6.10 Å².